The zero-order valence-electron chi connectivity index (χ0n) is 10.9. The van der Waals surface area contributed by atoms with Crippen molar-refractivity contribution < 1.29 is 4.52 Å². The Labute approximate surface area is 107 Å². The first kappa shape index (κ1) is 11.9. The molecule has 2 aliphatic rings. The Morgan fingerprint density at radius 2 is 2.06 bits per heavy atom. The van der Waals surface area contributed by atoms with Gasteiger partial charge >= 0.3 is 0 Å². The fraction of sp³-hybridized carbons (Fsp3) is 0.833. The van der Waals surface area contributed by atoms with Crippen LogP contribution in [0.2, 0.25) is 0 Å². The van der Waals surface area contributed by atoms with Crippen LogP contribution in [-0.4, -0.2) is 54.8 Å². The molecule has 18 heavy (non-hydrogen) atoms. The van der Waals surface area contributed by atoms with E-state index in [1.807, 2.05) is 0 Å². The number of piperidine rings is 1. The van der Waals surface area contributed by atoms with Crippen molar-refractivity contribution in [1.29, 1.82) is 0 Å². The van der Waals surface area contributed by atoms with Crippen LogP contribution < -0.4 is 10.2 Å². The molecule has 1 atom stereocenters. The number of hydrogen-bond acceptors (Lipinski definition) is 6. The van der Waals surface area contributed by atoms with Gasteiger partial charge in [-0.25, -0.2) is 0 Å². The molecule has 0 unspecified atom stereocenters. The molecule has 1 aromatic heterocycles. The van der Waals surface area contributed by atoms with Crippen LogP contribution in [0, 0.1) is 0 Å². The number of rotatable bonds is 2. The maximum Gasteiger partial charge on any atom is 0.266 e. The predicted molar refractivity (Wildman–Crippen MR) is 68.6 cm³/mol. The third kappa shape index (κ3) is 2.49. The summed E-state index contributed by atoms with van der Waals surface area (Å²) in [5.41, 5.74) is 0. The SMILES string of the molecule is CN1CCN(c2noc([C@H]3CCCCN3)n2)CC1. The molecule has 6 heteroatoms. The first-order valence-electron chi connectivity index (χ1n) is 6.83. The number of hydrogen-bond donors (Lipinski definition) is 1. The molecule has 0 bridgehead atoms. The van der Waals surface area contributed by atoms with Gasteiger partial charge in [-0.05, 0) is 31.6 Å². The average Bonchev–Trinajstić information content (AvgIpc) is 2.90. The van der Waals surface area contributed by atoms with Crippen molar-refractivity contribution >= 4 is 5.95 Å². The van der Waals surface area contributed by atoms with Crippen LogP contribution >= 0.6 is 0 Å². The normalized spacial score (nSPS) is 26.5. The summed E-state index contributed by atoms with van der Waals surface area (Å²) in [7, 11) is 2.14. The van der Waals surface area contributed by atoms with Gasteiger partial charge in [-0.1, -0.05) is 6.42 Å². The van der Waals surface area contributed by atoms with Crippen molar-refractivity contribution in [2.75, 3.05) is 44.7 Å². The summed E-state index contributed by atoms with van der Waals surface area (Å²) in [5, 5.41) is 7.56. The van der Waals surface area contributed by atoms with E-state index >= 15 is 0 Å². The van der Waals surface area contributed by atoms with Crippen LogP contribution in [0.1, 0.15) is 31.2 Å². The van der Waals surface area contributed by atoms with E-state index in [-0.39, 0.29) is 6.04 Å². The summed E-state index contributed by atoms with van der Waals surface area (Å²) in [5.74, 6) is 1.51. The Kier molecular flexibility index (Phi) is 3.47. The van der Waals surface area contributed by atoms with Crippen LogP contribution in [-0.2, 0) is 0 Å². The smallest absolute Gasteiger partial charge is 0.266 e. The molecule has 3 heterocycles. The van der Waals surface area contributed by atoms with E-state index in [1.165, 1.54) is 12.8 Å². The highest BCUT2D eigenvalue weighted by Gasteiger charge is 2.24. The molecule has 100 valence electrons. The minimum atomic E-state index is 0.257. The van der Waals surface area contributed by atoms with E-state index in [1.54, 1.807) is 0 Å². The first-order valence-corrected chi connectivity index (χ1v) is 6.83. The lowest BCUT2D eigenvalue weighted by Gasteiger charge is -2.31. The second-order valence-electron chi connectivity index (χ2n) is 5.23. The lowest BCUT2D eigenvalue weighted by molar-refractivity contribution is 0.294. The molecule has 2 saturated heterocycles. The van der Waals surface area contributed by atoms with Gasteiger partial charge in [0.05, 0.1) is 6.04 Å². The Bertz CT molecular complexity index is 380. The van der Waals surface area contributed by atoms with Crippen molar-refractivity contribution in [2.45, 2.75) is 25.3 Å². The largest absolute Gasteiger partial charge is 0.336 e. The van der Waals surface area contributed by atoms with Gasteiger partial charge in [-0.3, -0.25) is 0 Å². The van der Waals surface area contributed by atoms with Crippen LogP contribution in [0.25, 0.3) is 0 Å². The monoisotopic (exact) mass is 251 g/mol. The van der Waals surface area contributed by atoms with E-state index in [4.69, 9.17) is 4.52 Å². The average molecular weight is 251 g/mol. The summed E-state index contributed by atoms with van der Waals surface area (Å²) in [6.07, 6.45) is 3.59. The Morgan fingerprint density at radius 3 is 2.78 bits per heavy atom. The number of anilines is 1. The fourth-order valence-electron chi connectivity index (χ4n) is 2.57. The lowest BCUT2D eigenvalue weighted by Crippen LogP contribution is -2.45. The molecule has 1 N–H and O–H groups in total. The van der Waals surface area contributed by atoms with E-state index in [0.29, 0.717) is 0 Å². The number of likely N-dealkylation sites (N-methyl/N-ethyl adjacent to an activating group) is 1. The van der Waals surface area contributed by atoms with Crippen molar-refractivity contribution in [1.82, 2.24) is 20.4 Å². The summed E-state index contributed by atoms with van der Waals surface area (Å²) in [6, 6.07) is 0.257. The highest BCUT2D eigenvalue weighted by molar-refractivity contribution is 5.29. The van der Waals surface area contributed by atoms with Crippen molar-refractivity contribution in [2.24, 2.45) is 0 Å². The van der Waals surface area contributed by atoms with E-state index in [9.17, 15) is 0 Å². The second-order valence-corrected chi connectivity index (χ2v) is 5.23. The zero-order chi connectivity index (χ0) is 12.4. The van der Waals surface area contributed by atoms with E-state index in [2.05, 4.69) is 32.3 Å². The van der Waals surface area contributed by atoms with Crippen molar-refractivity contribution in [3.8, 4) is 0 Å². The minimum absolute atomic E-state index is 0.257. The lowest BCUT2D eigenvalue weighted by atomic mass is 10.1. The zero-order valence-corrected chi connectivity index (χ0v) is 10.9. The molecule has 3 rings (SSSR count). The maximum atomic E-state index is 5.41. The van der Waals surface area contributed by atoms with Gasteiger partial charge in [0.2, 0.25) is 5.89 Å². The predicted octanol–water partition coefficient (Wildman–Crippen LogP) is 0.636. The van der Waals surface area contributed by atoms with Crippen LogP contribution in [0.3, 0.4) is 0 Å². The molecule has 0 aliphatic carbocycles. The Morgan fingerprint density at radius 1 is 1.22 bits per heavy atom. The van der Waals surface area contributed by atoms with Gasteiger partial charge in [0.1, 0.15) is 0 Å². The molecular weight excluding hydrogens is 230 g/mol. The molecular formula is C12H21N5O. The van der Waals surface area contributed by atoms with Gasteiger partial charge in [0, 0.05) is 26.2 Å². The molecule has 1 aromatic rings. The number of piperazine rings is 1. The number of nitrogens with zero attached hydrogens (tertiary/aromatic N) is 4. The van der Waals surface area contributed by atoms with Gasteiger partial charge in [-0.2, -0.15) is 4.98 Å². The third-order valence-corrected chi connectivity index (χ3v) is 3.83. The van der Waals surface area contributed by atoms with Crippen LogP contribution in [0.15, 0.2) is 4.52 Å². The topological polar surface area (TPSA) is 57.4 Å². The standard InChI is InChI=1S/C12H21N5O/c1-16-6-8-17(9-7-16)12-14-11(18-15-12)10-4-2-3-5-13-10/h10,13H,2-9H2,1H3/t10-/m1/s1. The highest BCUT2D eigenvalue weighted by atomic mass is 16.5. The summed E-state index contributed by atoms with van der Waals surface area (Å²) in [6.45, 7) is 5.13. The van der Waals surface area contributed by atoms with Gasteiger partial charge in [0.25, 0.3) is 5.95 Å². The highest BCUT2D eigenvalue weighted by Crippen LogP contribution is 2.23. The van der Waals surface area contributed by atoms with Gasteiger partial charge in [0.15, 0.2) is 0 Å². The third-order valence-electron chi connectivity index (χ3n) is 3.83. The molecule has 0 spiro atoms. The summed E-state index contributed by atoms with van der Waals surface area (Å²) >= 11 is 0. The van der Waals surface area contributed by atoms with E-state index < -0.39 is 0 Å². The second kappa shape index (κ2) is 5.24. The summed E-state index contributed by atoms with van der Waals surface area (Å²) in [4.78, 5) is 9.07. The van der Waals surface area contributed by atoms with Crippen molar-refractivity contribution in [3.63, 3.8) is 0 Å². The molecule has 0 radical (unpaired) electrons. The van der Waals surface area contributed by atoms with Crippen LogP contribution in [0.5, 0.6) is 0 Å². The quantitative estimate of drug-likeness (QED) is 0.832. The molecule has 2 aliphatic heterocycles. The Hall–Kier alpha value is -1.14. The van der Waals surface area contributed by atoms with Crippen LogP contribution in [0.4, 0.5) is 5.95 Å². The molecule has 0 aromatic carbocycles. The number of nitrogens with one attached hydrogen (secondary N) is 1. The molecule has 0 amide bonds. The number of aromatic nitrogens is 2. The van der Waals surface area contributed by atoms with Gasteiger partial charge < -0.3 is 19.6 Å². The molecule has 2 fully saturated rings. The first-order chi connectivity index (χ1) is 8.83. The minimum Gasteiger partial charge on any atom is -0.336 e. The molecule has 0 saturated carbocycles. The van der Waals surface area contributed by atoms with Gasteiger partial charge in [-0.15, -0.1) is 0 Å². The summed E-state index contributed by atoms with van der Waals surface area (Å²) < 4.78 is 5.41. The fourth-order valence-corrected chi connectivity index (χ4v) is 2.57. The Balaban J connectivity index is 1.65. The maximum absolute atomic E-state index is 5.41. The molecule has 6 nitrogen and oxygen atoms in total. The van der Waals surface area contributed by atoms with E-state index in [0.717, 1.165) is 51.0 Å². The van der Waals surface area contributed by atoms with Crippen molar-refractivity contribution in [3.05, 3.63) is 5.89 Å².